The molecule has 1 N–H and O–H groups in total. The van der Waals surface area contributed by atoms with Gasteiger partial charge in [0, 0.05) is 20.0 Å². The van der Waals surface area contributed by atoms with E-state index in [1.165, 1.54) is 36.5 Å². The molecule has 0 bridgehead atoms. The van der Waals surface area contributed by atoms with Crippen LogP contribution in [0.2, 0.25) is 0 Å². The van der Waals surface area contributed by atoms with Gasteiger partial charge in [-0.2, -0.15) is 4.31 Å². The first-order valence-corrected chi connectivity index (χ1v) is 9.86. The predicted molar refractivity (Wildman–Crippen MR) is 95.4 cm³/mol. The van der Waals surface area contributed by atoms with Crippen LogP contribution in [0, 0.1) is 5.92 Å². The van der Waals surface area contributed by atoms with Crippen LogP contribution < -0.4 is 10.1 Å². The smallest absolute Gasteiger partial charge is 0.310 e. The van der Waals surface area contributed by atoms with E-state index in [-0.39, 0.29) is 35.6 Å². The Labute approximate surface area is 153 Å². The van der Waals surface area contributed by atoms with E-state index in [0.29, 0.717) is 25.1 Å². The van der Waals surface area contributed by atoms with E-state index in [9.17, 15) is 18.0 Å². The summed E-state index contributed by atoms with van der Waals surface area (Å²) < 4.78 is 37.4. The number of carbonyl (C=O) groups excluding carboxylic acids is 2. The van der Waals surface area contributed by atoms with Crippen LogP contribution >= 0.6 is 0 Å². The van der Waals surface area contributed by atoms with Crippen molar-refractivity contribution in [2.45, 2.75) is 31.6 Å². The Kier molecular flexibility index (Phi) is 6.60. The SMILES string of the molecule is CCOC(=O)[C@@H]1CCCN(S(=O)(=O)c2ccc(OC)c(NC(C)=O)c2)C1. The molecule has 26 heavy (non-hydrogen) atoms. The molecule has 0 aromatic heterocycles. The third kappa shape index (κ3) is 4.53. The van der Waals surface area contributed by atoms with E-state index in [2.05, 4.69) is 5.32 Å². The van der Waals surface area contributed by atoms with Gasteiger partial charge in [0.25, 0.3) is 0 Å². The Balaban J connectivity index is 2.28. The first kappa shape index (κ1) is 20.2. The molecule has 1 saturated heterocycles. The molecule has 1 aliphatic rings. The van der Waals surface area contributed by atoms with Crippen LogP contribution in [0.15, 0.2) is 23.1 Å². The lowest BCUT2D eigenvalue weighted by Crippen LogP contribution is -2.42. The van der Waals surface area contributed by atoms with Crippen LogP contribution in [-0.4, -0.2) is 51.4 Å². The van der Waals surface area contributed by atoms with Crippen molar-refractivity contribution < 1.29 is 27.5 Å². The number of ether oxygens (including phenoxy) is 2. The zero-order valence-corrected chi connectivity index (χ0v) is 16.0. The van der Waals surface area contributed by atoms with Crippen molar-refractivity contribution in [1.82, 2.24) is 4.31 Å². The van der Waals surface area contributed by atoms with Crippen molar-refractivity contribution in [2.75, 3.05) is 32.1 Å². The van der Waals surface area contributed by atoms with Crippen molar-refractivity contribution in [1.29, 1.82) is 0 Å². The molecule has 0 saturated carbocycles. The average molecular weight is 384 g/mol. The monoisotopic (exact) mass is 384 g/mol. The van der Waals surface area contributed by atoms with E-state index in [1.807, 2.05) is 0 Å². The Morgan fingerprint density at radius 1 is 1.35 bits per heavy atom. The van der Waals surface area contributed by atoms with Crippen molar-refractivity contribution in [3.05, 3.63) is 18.2 Å². The minimum Gasteiger partial charge on any atom is -0.495 e. The maximum Gasteiger partial charge on any atom is 0.310 e. The van der Waals surface area contributed by atoms with Crippen LogP contribution in [0.25, 0.3) is 0 Å². The fourth-order valence-electron chi connectivity index (χ4n) is 2.90. The Morgan fingerprint density at radius 2 is 2.08 bits per heavy atom. The molecule has 1 atom stereocenters. The number of hydrogen-bond acceptors (Lipinski definition) is 6. The molecule has 1 amide bonds. The molecule has 8 nitrogen and oxygen atoms in total. The highest BCUT2D eigenvalue weighted by Crippen LogP contribution is 2.30. The van der Waals surface area contributed by atoms with Crippen LogP contribution in [0.5, 0.6) is 5.75 Å². The fraction of sp³-hybridized carbons (Fsp3) is 0.529. The average Bonchev–Trinajstić information content (AvgIpc) is 2.61. The normalized spacial score (nSPS) is 18.2. The Morgan fingerprint density at radius 3 is 2.69 bits per heavy atom. The van der Waals surface area contributed by atoms with Crippen LogP contribution in [0.3, 0.4) is 0 Å². The molecule has 0 unspecified atom stereocenters. The maximum absolute atomic E-state index is 13.0. The van der Waals surface area contributed by atoms with Crippen LogP contribution in [0.1, 0.15) is 26.7 Å². The summed E-state index contributed by atoms with van der Waals surface area (Å²) in [6.07, 6.45) is 1.18. The van der Waals surface area contributed by atoms with Gasteiger partial charge in [-0.25, -0.2) is 8.42 Å². The van der Waals surface area contributed by atoms with Crippen molar-refractivity contribution in [2.24, 2.45) is 5.92 Å². The van der Waals surface area contributed by atoms with Crippen molar-refractivity contribution in [3.63, 3.8) is 0 Å². The summed E-state index contributed by atoms with van der Waals surface area (Å²) in [5.74, 6) is -0.812. The van der Waals surface area contributed by atoms with Crippen molar-refractivity contribution in [3.8, 4) is 5.75 Å². The van der Waals surface area contributed by atoms with Gasteiger partial charge in [-0.15, -0.1) is 0 Å². The number of methoxy groups -OCH3 is 1. The second-order valence-electron chi connectivity index (χ2n) is 6.00. The van der Waals surface area contributed by atoms with Crippen molar-refractivity contribution >= 4 is 27.6 Å². The summed E-state index contributed by atoms with van der Waals surface area (Å²) in [5, 5.41) is 2.56. The summed E-state index contributed by atoms with van der Waals surface area (Å²) >= 11 is 0. The molecule has 0 spiro atoms. The number of hydrogen-bond donors (Lipinski definition) is 1. The summed E-state index contributed by atoms with van der Waals surface area (Å²) in [6, 6.07) is 4.28. The van der Waals surface area contributed by atoms with Gasteiger partial charge < -0.3 is 14.8 Å². The highest BCUT2D eigenvalue weighted by atomic mass is 32.2. The topological polar surface area (TPSA) is 102 Å². The maximum atomic E-state index is 13.0. The molecule has 0 radical (unpaired) electrons. The molecule has 2 rings (SSSR count). The lowest BCUT2D eigenvalue weighted by molar-refractivity contribution is -0.149. The third-order valence-corrected chi connectivity index (χ3v) is 5.98. The molecule has 1 aliphatic heterocycles. The molecule has 1 fully saturated rings. The van der Waals surface area contributed by atoms with Gasteiger partial charge in [-0.3, -0.25) is 9.59 Å². The number of sulfonamides is 1. The summed E-state index contributed by atoms with van der Waals surface area (Å²) in [7, 11) is -2.37. The highest BCUT2D eigenvalue weighted by Gasteiger charge is 2.34. The minimum absolute atomic E-state index is 0.0339. The zero-order valence-electron chi connectivity index (χ0n) is 15.1. The molecular weight excluding hydrogens is 360 g/mol. The number of nitrogens with zero attached hydrogens (tertiary/aromatic N) is 1. The summed E-state index contributed by atoms with van der Waals surface area (Å²) in [6.45, 7) is 3.73. The molecule has 1 aromatic rings. The number of carbonyl (C=O) groups is 2. The van der Waals surface area contributed by atoms with E-state index >= 15 is 0 Å². The molecular formula is C17H24N2O6S. The molecule has 1 aromatic carbocycles. The van der Waals surface area contributed by atoms with Gasteiger partial charge in [0.2, 0.25) is 15.9 Å². The number of esters is 1. The van der Waals surface area contributed by atoms with Gasteiger partial charge in [0.05, 0.1) is 30.2 Å². The highest BCUT2D eigenvalue weighted by molar-refractivity contribution is 7.89. The second-order valence-corrected chi connectivity index (χ2v) is 7.94. The first-order chi connectivity index (χ1) is 12.3. The fourth-order valence-corrected chi connectivity index (χ4v) is 4.45. The van der Waals surface area contributed by atoms with Gasteiger partial charge in [-0.05, 0) is 38.0 Å². The standard InChI is InChI=1S/C17H24N2O6S/c1-4-25-17(21)13-6-5-9-19(11-13)26(22,23)14-7-8-16(24-3)15(10-14)18-12(2)20/h7-8,10,13H,4-6,9,11H2,1-3H3,(H,18,20)/t13-/m1/s1. The second kappa shape index (κ2) is 8.50. The van der Waals surface area contributed by atoms with Crippen LogP contribution in [-0.2, 0) is 24.3 Å². The zero-order chi connectivity index (χ0) is 19.3. The largest absolute Gasteiger partial charge is 0.495 e. The van der Waals surface area contributed by atoms with Gasteiger partial charge in [-0.1, -0.05) is 0 Å². The van der Waals surface area contributed by atoms with E-state index < -0.39 is 15.9 Å². The number of piperidine rings is 1. The van der Waals surface area contributed by atoms with Gasteiger partial charge in [0.1, 0.15) is 5.75 Å². The quantitative estimate of drug-likeness (QED) is 0.748. The molecule has 9 heteroatoms. The van der Waals surface area contributed by atoms with E-state index in [0.717, 1.165) is 0 Å². The van der Waals surface area contributed by atoms with E-state index in [1.54, 1.807) is 6.92 Å². The Bertz CT molecular complexity index is 777. The Hall–Kier alpha value is -2.13. The van der Waals surface area contributed by atoms with Gasteiger partial charge >= 0.3 is 5.97 Å². The van der Waals surface area contributed by atoms with Gasteiger partial charge in [0.15, 0.2) is 0 Å². The lowest BCUT2D eigenvalue weighted by Gasteiger charge is -2.30. The van der Waals surface area contributed by atoms with Crippen LogP contribution in [0.4, 0.5) is 5.69 Å². The van der Waals surface area contributed by atoms with E-state index in [4.69, 9.17) is 9.47 Å². The minimum atomic E-state index is -3.81. The number of nitrogens with one attached hydrogen (secondary N) is 1. The molecule has 1 heterocycles. The lowest BCUT2D eigenvalue weighted by atomic mass is 10.0. The molecule has 144 valence electrons. The number of benzene rings is 1. The predicted octanol–water partition coefficient (Wildman–Crippen LogP) is 1.62. The third-order valence-electron chi connectivity index (χ3n) is 4.12. The summed E-state index contributed by atoms with van der Waals surface area (Å²) in [5.41, 5.74) is 0.278. The number of anilines is 1. The first-order valence-electron chi connectivity index (χ1n) is 8.42. The number of amides is 1. The molecule has 0 aliphatic carbocycles. The summed E-state index contributed by atoms with van der Waals surface area (Å²) in [4.78, 5) is 23.3. The number of rotatable bonds is 6.